The molecule has 0 radical (unpaired) electrons. The lowest BCUT2D eigenvalue weighted by molar-refractivity contribution is -0.139. The molecule has 0 saturated carbocycles. The first kappa shape index (κ1) is 14.4. The molecule has 0 aliphatic heterocycles. The highest BCUT2D eigenvalue weighted by molar-refractivity contribution is 5.73. The molecule has 100 valence electrons. The van der Waals surface area contributed by atoms with Crippen molar-refractivity contribution in [3.8, 4) is 0 Å². The first-order valence-corrected chi connectivity index (χ1v) is 5.97. The van der Waals surface area contributed by atoms with Gasteiger partial charge in [0.15, 0.2) is 0 Å². The first-order valence-electron chi connectivity index (χ1n) is 5.97. The van der Waals surface area contributed by atoms with Gasteiger partial charge in [0.25, 0.3) is 0 Å². The van der Waals surface area contributed by atoms with E-state index in [-0.39, 0.29) is 5.82 Å². The molecule has 0 saturated heterocycles. The molecule has 0 amide bonds. The number of hydrogen-bond acceptors (Lipinski definition) is 3. The average Bonchev–Trinajstić information content (AvgIpc) is 2.34. The van der Waals surface area contributed by atoms with Crippen LogP contribution >= 0.6 is 0 Å². The maximum absolute atomic E-state index is 12.8. The molecule has 0 aliphatic carbocycles. The molecule has 5 heteroatoms. The molecule has 1 rings (SSSR count). The Bertz CT molecular complexity index is 381. The van der Waals surface area contributed by atoms with E-state index >= 15 is 0 Å². The number of likely N-dealkylation sites (N-methyl/N-ethyl adjacent to an activating group) is 1. The Morgan fingerprint density at radius 3 is 2.56 bits per heavy atom. The molecule has 18 heavy (non-hydrogen) atoms. The van der Waals surface area contributed by atoms with Gasteiger partial charge in [-0.15, -0.1) is 0 Å². The largest absolute Gasteiger partial charge is 0.480 e. The van der Waals surface area contributed by atoms with Gasteiger partial charge in [0.05, 0.1) is 0 Å². The lowest BCUT2D eigenvalue weighted by Crippen LogP contribution is -2.39. The zero-order valence-electron chi connectivity index (χ0n) is 10.7. The molecule has 2 N–H and O–H groups in total. The van der Waals surface area contributed by atoms with Crippen LogP contribution in [-0.2, 0) is 4.79 Å². The number of anilines is 1. The Hall–Kier alpha value is -1.62. The minimum atomic E-state index is -0.843. The Labute approximate surface area is 106 Å². The number of hydrogen-bond donors (Lipinski definition) is 2. The predicted octanol–water partition coefficient (Wildman–Crippen LogP) is 1.71. The van der Waals surface area contributed by atoms with Crippen molar-refractivity contribution in [2.24, 2.45) is 0 Å². The van der Waals surface area contributed by atoms with Crippen LogP contribution in [0.4, 0.5) is 10.1 Å². The van der Waals surface area contributed by atoms with E-state index in [0.717, 1.165) is 5.69 Å². The molecule has 0 spiro atoms. The Kier molecular flexibility index (Phi) is 5.58. The quantitative estimate of drug-likeness (QED) is 0.778. The van der Waals surface area contributed by atoms with Crippen LogP contribution in [0, 0.1) is 5.82 Å². The van der Waals surface area contributed by atoms with Crippen molar-refractivity contribution in [2.75, 3.05) is 25.0 Å². The average molecular weight is 254 g/mol. The lowest BCUT2D eigenvalue weighted by Gasteiger charge is -2.21. The molecular formula is C13H19FN2O2. The summed E-state index contributed by atoms with van der Waals surface area (Å²) in [6.07, 6.45) is 0.497. The maximum Gasteiger partial charge on any atom is 0.320 e. The van der Waals surface area contributed by atoms with E-state index in [2.05, 4.69) is 5.32 Å². The molecule has 0 bridgehead atoms. The fourth-order valence-electron chi connectivity index (χ4n) is 1.71. The number of nitrogens with zero attached hydrogens (tertiary/aromatic N) is 1. The number of carboxylic acid groups (broad SMARTS) is 1. The van der Waals surface area contributed by atoms with Gasteiger partial charge in [-0.25, -0.2) is 4.39 Å². The number of halogens is 1. The van der Waals surface area contributed by atoms with Gasteiger partial charge in [0.2, 0.25) is 0 Å². The summed E-state index contributed by atoms with van der Waals surface area (Å²) < 4.78 is 12.8. The summed E-state index contributed by atoms with van der Waals surface area (Å²) in [6.45, 7) is 3.09. The lowest BCUT2D eigenvalue weighted by atomic mass is 10.2. The molecule has 1 aromatic rings. The highest BCUT2D eigenvalue weighted by Crippen LogP contribution is 2.13. The first-order chi connectivity index (χ1) is 8.54. The summed E-state index contributed by atoms with van der Waals surface area (Å²) in [7, 11) is 1.86. The van der Waals surface area contributed by atoms with Gasteiger partial charge in [-0.05, 0) is 37.2 Å². The molecule has 0 aliphatic rings. The van der Waals surface area contributed by atoms with Gasteiger partial charge in [0.1, 0.15) is 11.9 Å². The number of aliphatic carboxylic acids is 1. The molecule has 1 aromatic carbocycles. The smallest absolute Gasteiger partial charge is 0.320 e. The number of nitrogens with one attached hydrogen (secondary N) is 1. The summed E-state index contributed by atoms with van der Waals surface area (Å²) in [5.41, 5.74) is 0.872. The van der Waals surface area contributed by atoms with Crippen LogP contribution in [0.2, 0.25) is 0 Å². The second-order valence-electron chi connectivity index (χ2n) is 4.14. The van der Waals surface area contributed by atoms with Crippen molar-refractivity contribution in [1.82, 2.24) is 5.32 Å². The maximum atomic E-state index is 12.8. The summed E-state index contributed by atoms with van der Waals surface area (Å²) in [4.78, 5) is 12.9. The highest BCUT2D eigenvalue weighted by Gasteiger charge is 2.16. The third-order valence-electron chi connectivity index (χ3n) is 2.77. The SMILES string of the molecule is CCNC(CCN(C)c1ccc(F)cc1)C(=O)O. The van der Waals surface area contributed by atoms with Crippen molar-refractivity contribution in [1.29, 1.82) is 0 Å². The fourth-order valence-corrected chi connectivity index (χ4v) is 1.71. The fraction of sp³-hybridized carbons (Fsp3) is 0.462. The van der Waals surface area contributed by atoms with Crippen LogP contribution in [0.5, 0.6) is 0 Å². The van der Waals surface area contributed by atoms with Gasteiger partial charge < -0.3 is 15.3 Å². The van der Waals surface area contributed by atoms with Crippen molar-refractivity contribution in [3.05, 3.63) is 30.1 Å². The Morgan fingerprint density at radius 2 is 2.06 bits per heavy atom. The second kappa shape index (κ2) is 6.96. The van der Waals surface area contributed by atoms with Crippen molar-refractivity contribution >= 4 is 11.7 Å². The van der Waals surface area contributed by atoms with Gasteiger partial charge >= 0.3 is 5.97 Å². The molecule has 1 atom stereocenters. The zero-order chi connectivity index (χ0) is 13.5. The minimum absolute atomic E-state index is 0.275. The van der Waals surface area contributed by atoms with Crippen LogP contribution in [0.25, 0.3) is 0 Å². The normalized spacial score (nSPS) is 12.2. The number of rotatable bonds is 7. The van der Waals surface area contributed by atoms with Crippen molar-refractivity contribution in [3.63, 3.8) is 0 Å². The van der Waals surface area contributed by atoms with E-state index < -0.39 is 12.0 Å². The summed E-state index contributed by atoms with van der Waals surface area (Å²) in [5, 5.41) is 11.9. The van der Waals surface area contributed by atoms with Crippen molar-refractivity contribution < 1.29 is 14.3 Å². The molecule has 0 fully saturated rings. The molecular weight excluding hydrogens is 235 g/mol. The van der Waals surface area contributed by atoms with Gasteiger partial charge in [-0.3, -0.25) is 4.79 Å². The monoisotopic (exact) mass is 254 g/mol. The van der Waals surface area contributed by atoms with E-state index in [1.807, 2.05) is 18.9 Å². The predicted molar refractivity (Wildman–Crippen MR) is 69.4 cm³/mol. The van der Waals surface area contributed by atoms with E-state index in [1.165, 1.54) is 12.1 Å². The van der Waals surface area contributed by atoms with E-state index in [9.17, 15) is 9.18 Å². The third kappa shape index (κ3) is 4.33. The second-order valence-corrected chi connectivity index (χ2v) is 4.14. The van der Waals surface area contributed by atoms with Crippen LogP contribution < -0.4 is 10.2 Å². The van der Waals surface area contributed by atoms with Crippen molar-refractivity contribution in [2.45, 2.75) is 19.4 Å². The van der Waals surface area contributed by atoms with Crippen LogP contribution in [0.3, 0.4) is 0 Å². The minimum Gasteiger partial charge on any atom is -0.480 e. The van der Waals surface area contributed by atoms with E-state index in [1.54, 1.807) is 12.1 Å². The van der Waals surface area contributed by atoms with Gasteiger partial charge in [-0.2, -0.15) is 0 Å². The number of carboxylic acids is 1. The topological polar surface area (TPSA) is 52.6 Å². The standard InChI is InChI=1S/C13H19FN2O2/c1-3-15-12(13(17)18)8-9-16(2)11-6-4-10(14)5-7-11/h4-7,12,15H,3,8-9H2,1-2H3,(H,17,18). The molecule has 0 heterocycles. The Balaban J connectivity index is 2.51. The number of carbonyl (C=O) groups is 1. The summed E-state index contributed by atoms with van der Waals surface area (Å²) in [6, 6.07) is 5.60. The summed E-state index contributed by atoms with van der Waals surface area (Å²) >= 11 is 0. The van der Waals surface area contributed by atoms with Crippen LogP contribution in [0.15, 0.2) is 24.3 Å². The van der Waals surface area contributed by atoms with Crippen LogP contribution in [-0.4, -0.2) is 37.3 Å². The van der Waals surface area contributed by atoms with E-state index in [0.29, 0.717) is 19.5 Å². The highest BCUT2D eigenvalue weighted by atomic mass is 19.1. The van der Waals surface area contributed by atoms with Gasteiger partial charge in [0, 0.05) is 19.3 Å². The van der Waals surface area contributed by atoms with Crippen LogP contribution in [0.1, 0.15) is 13.3 Å². The third-order valence-corrected chi connectivity index (χ3v) is 2.77. The number of benzene rings is 1. The summed E-state index contributed by atoms with van der Waals surface area (Å²) in [5.74, 6) is -1.12. The molecule has 4 nitrogen and oxygen atoms in total. The zero-order valence-corrected chi connectivity index (χ0v) is 10.7. The Morgan fingerprint density at radius 1 is 1.44 bits per heavy atom. The molecule has 0 aromatic heterocycles. The van der Waals surface area contributed by atoms with Gasteiger partial charge in [-0.1, -0.05) is 6.92 Å². The van der Waals surface area contributed by atoms with E-state index in [4.69, 9.17) is 5.11 Å². The molecule has 1 unspecified atom stereocenters.